The van der Waals surface area contributed by atoms with Crippen molar-refractivity contribution >= 4 is 17.5 Å². The molecule has 0 unspecified atom stereocenters. The van der Waals surface area contributed by atoms with E-state index in [0.717, 1.165) is 35.4 Å². The van der Waals surface area contributed by atoms with E-state index in [0.29, 0.717) is 26.2 Å². The number of rotatable bonds is 7. The summed E-state index contributed by atoms with van der Waals surface area (Å²) in [6.45, 7) is 1.50. The number of anilines is 1. The Hall–Kier alpha value is -2.94. The molecule has 2 amide bonds. The smallest absolute Gasteiger partial charge is 0.227 e. The van der Waals surface area contributed by atoms with E-state index in [1.165, 1.54) is 0 Å². The fourth-order valence-electron chi connectivity index (χ4n) is 5.25. The molecule has 3 aliphatic heterocycles. The summed E-state index contributed by atoms with van der Waals surface area (Å²) in [7, 11) is 0. The van der Waals surface area contributed by atoms with Gasteiger partial charge in [0.15, 0.2) is 0 Å². The molecule has 3 N–H and O–H groups in total. The molecule has 8 heteroatoms. The Morgan fingerprint density at radius 3 is 2.63 bits per heavy atom. The van der Waals surface area contributed by atoms with E-state index in [4.69, 9.17) is 14.2 Å². The van der Waals surface area contributed by atoms with Crippen molar-refractivity contribution in [3.8, 4) is 5.75 Å². The van der Waals surface area contributed by atoms with E-state index in [1.54, 1.807) is 0 Å². The highest BCUT2D eigenvalue weighted by Gasteiger charge is 2.46. The van der Waals surface area contributed by atoms with Gasteiger partial charge in [0.1, 0.15) is 18.0 Å². The van der Waals surface area contributed by atoms with Gasteiger partial charge in [-0.1, -0.05) is 30.3 Å². The number of carbonyl (C=O) groups excluding carboxylic acids is 2. The second-order valence-corrected chi connectivity index (χ2v) is 9.50. The molecule has 0 aromatic heterocycles. The number of aliphatic hydroxyl groups excluding tert-OH is 1. The molecule has 2 saturated heterocycles. The second kappa shape index (κ2) is 10.8. The van der Waals surface area contributed by atoms with E-state index >= 15 is 0 Å². The normalized spacial score (nSPS) is 25.7. The van der Waals surface area contributed by atoms with Gasteiger partial charge in [0.2, 0.25) is 11.8 Å². The van der Waals surface area contributed by atoms with Gasteiger partial charge in [0, 0.05) is 42.8 Å². The highest BCUT2D eigenvalue weighted by molar-refractivity contribution is 5.92. The molecule has 0 aliphatic carbocycles. The summed E-state index contributed by atoms with van der Waals surface area (Å²) in [6.07, 6.45) is 1.10. The summed E-state index contributed by atoms with van der Waals surface area (Å²) in [5.41, 5.74) is 2.75. The third-order valence-electron chi connectivity index (χ3n) is 7.10. The average Bonchev–Trinajstić information content (AvgIpc) is 3.26. The van der Waals surface area contributed by atoms with Crippen LogP contribution in [-0.4, -0.2) is 55.1 Å². The number of aliphatic hydroxyl groups is 1. The van der Waals surface area contributed by atoms with E-state index in [2.05, 4.69) is 10.6 Å². The van der Waals surface area contributed by atoms with Crippen molar-refractivity contribution in [3.63, 3.8) is 0 Å². The molecule has 2 fully saturated rings. The number of hydrogen-bond donors (Lipinski definition) is 3. The van der Waals surface area contributed by atoms with E-state index in [9.17, 15) is 14.7 Å². The molecular weight excluding hydrogens is 448 g/mol. The summed E-state index contributed by atoms with van der Waals surface area (Å²) in [6, 6.07) is 15.4. The minimum Gasteiger partial charge on any atom is -0.487 e. The Balaban J connectivity index is 1.24. The molecule has 35 heavy (non-hydrogen) atoms. The Bertz CT molecular complexity index is 1040. The molecule has 0 saturated carbocycles. The SMILES string of the molecule is O=C(C[C@@H]1C[C@@H]2c3cc(NC(=O)C4CCOCC4)ccc3O[C@@H]2[C@H](CO)O1)NCc1ccccc1. The highest BCUT2D eigenvalue weighted by Crippen LogP contribution is 2.47. The monoisotopic (exact) mass is 480 g/mol. The minimum atomic E-state index is -0.520. The second-order valence-electron chi connectivity index (χ2n) is 9.50. The number of ether oxygens (including phenoxy) is 3. The third kappa shape index (κ3) is 5.50. The zero-order chi connectivity index (χ0) is 24.2. The van der Waals surface area contributed by atoms with Crippen molar-refractivity contribution in [3.05, 3.63) is 59.7 Å². The van der Waals surface area contributed by atoms with Crippen LogP contribution in [0.4, 0.5) is 5.69 Å². The predicted octanol–water partition coefficient (Wildman–Crippen LogP) is 2.75. The molecule has 3 heterocycles. The van der Waals surface area contributed by atoms with Gasteiger partial charge in [-0.3, -0.25) is 9.59 Å². The summed E-state index contributed by atoms with van der Waals surface area (Å²) in [4.78, 5) is 25.3. The molecule has 8 nitrogen and oxygen atoms in total. The fraction of sp³-hybridized carbons (Fsp3) is 0.481. The van der Waals surface area contributed by atoms with Crippen molar-refractivity contribution in [1.29, 1.82) is 0 Å². The van der Waals surface area contributed by atoms with Gasteiger partial charge in [0.25, 0.3) is 0 Å². The fourth-order valence-corrected chi connectivity index (χ4v) is 5.25. The van der Waals surface area contributed by atoms with Crippen LogP contribution >= 0.6 is 0 Å². The lowest BCUT2D eigenvalue weighted by Gasteiger charge is -2.37. The molecule has 2 aromatic carbocycles. The van der Waals surface area contributed by atoms with Gasteiger partial charge in [-0.05, 0) is 43.0 Å². The molecular formula is C27H32N2O6. The maximum atomic E-state index is 12.7. The van der Waals surface area contributed by atoms with Crippen LogP contribution < -0.4 is 15.4 Å². The first kappa shape index (κ1) is 23.8. The van der Waals surface area contributed by atoms with Crippen LogP contribution in [0.5, 0.6) is 5.75 Å². The molecule has 5 rings (SSSR count). The van der Waals surface area contributed by atoms with Crippen LogP contribution in [0.25, 0.3) is 0 Å². The summed E-state index contributed by atoms with van der Waals surface area (Å²) in [5.74, 6) is 0.590. The number of nitrogens with one attached hydrogen (secondary N) is 2. The predicted molar refractivity (Wildman–Crippen MR) is 129 cm³/mol. The van der Waals surface area contributed by atoms with E-state index in [1.807, 2.05) is 48.5 Å². The van der Waals surface area contributed by atoms with Crippen LogP contribution in [0, 0.1) is 5.92 Å². The van der Waals surface area contributed by atoms with Gasteiger partial charge in [-0.2, -0.15) is 0 Å². The third-order valence-corrected chi connectivity index (χ3v) is 7.10. The molecule has 0 bridgehead atoms. The zero-order valence-corrected chi connectivity index (χ0v) is 19.7. The minimum absolute atomic E-state index is 0.0110. The largest absolute Gasteiger partial charge is 0.487 e. The first-order valence-corrected chi connectivity index (χ1v) is 12.4. The van der Waals surface area contributed by atoms with Gasteiger partial charge in [-0.25, -0.2) is 0 Å². The summed E-state index contributed by atoms with van der Waals surface area (Å²) < 4.78 is 17.6. The topological polar surface area (TPSA) is 106 Å². The van der Waals surface area contributed by atoms with Crippen molar-refractivity contribution in [2.45, 2.75) is 56.5 Å². The maximum Gasteiger partial charge on any atom is 0.227 e. The van der Waals surface area contributed by atoms with Gasteiger partial charge in [-0.15, -0.1) is 0 Å². The quantitative estimate of drug-likeness (QED) is 0.563. The van der Waals surface area contributed by atoms with Crippen molar-refractivity contribution in [2.24, 2.45) is 5.92 Å². The Morgan fingerprint density at radius 2 is 1.86 bits per heavy atom. The Kier molecular flexibility index (Phi) is 7.32. The molecule has 2 aromatic rings. The maximum absolute atomic E-state index is 12.7. The van der Waals surface area contributed by atoms with E-state index < -0.39 is 6.10 Å². The molecule has 186 valence electrons. The van der Waals surface area contributed by atoms with Gasteiger partial charge >= 0.3 is 0 Å². The lowest BCUT2D eigenvalue weighted by Crippen LogP contribution is -2.47. The number of hydrogen-bond acceptors (Lipinski definition) is 6. The standard InChI is InChI=1S/C27H32N2O6/c30-16-24-26-22(13-20(34-24)14-25(31)28-15-17-4-2-1-3-5-17)21-12-19(6-7-23(21)35-26)29-27(32)18-8-10-33-11-9-18/h1-7,12,18,20,22,24,26,30H,8-11,13-16H2,(H,28,31)(H,29,32)/t20-,22+,24-,26-/m0/s1. The van der Waals surface area contributed by atoms with Crippen molar-refractivity contribution in [2.75, 3.05) is 25.1 Å². The van der Waals surface area contributed by atoms with Crippen LogP contribution in [-0.2, 0) is 25.6 Å². The highest BCUT2D eigenvalue weighted by atomic mass is 16.6. The first-order chi connectivity index (χ1) is 17.1. The van der Waals surface area contributed by atoms with Crippen LogP contribution in [0.15, 0.2) is 48.5 Å². The molecule has 0 spiro atoms. The Morgan fingerprint density at radius 1 is 1.06 bits per heavy atom. The van der Waals surface area contributed by atoms with Crippen LogP contribution in [0.3, 0.4) is 0 Å². The average molecular weight is 481 g/mol. The number of benzene rings is 2. The van der Waals surface area contributed by atoms with Crippen LogP contribution in [0.2, 0.25) is 0 Å². The number of amides is 2. The Labute approximate surface area is 205 Å². The number of carbonyl (C=O) groups is 2. The lowest BCUT2D eigenvalue weighted by molar-refractivity contribution is -0.142. The summed E-state index contributed by atoms with van der Waals surface area (Å²) in [5, 5.41) is 16.0. The van der Waals surface area contributed by atoms with Crippen molar-refractivity contribution in [1.82, 2.24) is 5.32 Å². The molecule has 4 atom stereocenters. The van der Waals surface area contributed by atoms with Crippen LogP contribution in [0.1, 0.15) is 42.7 Å². The van der Waals surface area contributed by atoms with E-state index in [-0.39, 0.29) is 48.9 Å². The number of fused-ring (bicyclic) bond motifs is 3. The summed E-state index contributed by atoms with van der Waals surface area (Å²) >= 11 is 0. The lowest BCUT2D eigenvalue weighted by atomic mass is 9.84. The van der Waals surface area contributed by atoms with Gasteiger partial charge in [0.05, 0.1) is 19.1 Å². The van der Waals surface area contributed by atoms with Gasteiger partial charge < -0.3 is 30.0 Å². The molecule has 0 radical (unpaired) electrons. The van der Waals surface area contributed by atoms with Crippen molar-refractivity contribution < 1.29 is 28.9 Å². The first-order valence-electron chi connectivity index (χ1n) is 12.4. The zero-order valence-electron chi connectivity index (χ0n) is 19.7. The molecule has 3 aliphatic rings.